The average Bonchev–Trinajstić information content (AvgIpc) is 2.96. The minimum absolute atomic E-state index is 0.248. The number of fused-ring (bicyclic) bond motifs is 1. The van der Waals surface area contributed by atoms with Crippen LogP contribution in [0.2, 0.25) is 0 Å². The molecule has 124 valence electrons. The van der Waals surface area contributed by atoms with Gasteiger partial charge in [0.1, 0.15) is 4.75 Å². The summed E-state index contributed by atoms with van der Waals surface area (Å²) in [5.74, 6) is -0.248. The number of halogens is 1. The zero-order valence-corrected chi connectivity index (χ0v) is 16.5. The molecule has 0 aliphatic carbocycles. The van der Waals surface area contributed by atoms with E-state index in [4.69, 9.17) is 4.74 Å². The number of thioether (sulfide) groups is 1. The smallest absolute Gasteiger partial charge is 0.326 e. The fourth-order valence-corrected chi connectivity index (χ4v) is 5.19. The van der Waals surface area contributed by atoms with Crippen LogP contribution in [0.4, 0.5) is 0 Å². The zero-order chi connectivity index (χ0) is 17.2. The Morgan fingerprint density at radius 2 is 2.04 bits per heavy atom. The first-order chi connectivity index (χ1) is 11.5. The number of carbonyl (C=O) groups is 1. The highest BCUT2D eigenvalue weighted by Crippen LogP contribution is 2.44. The zero-order valence-electron chi connectivity index (χ0n) is 13.3. The molecule has 0 saturated heterocycles. The van der Waals surface area contributed by atoms with E-state index in [1.54, 1.807) is 11.3 Å². The highest BCUT2D eigenvalue weighted by atomic mass is 79.9. The molecular weight excluding hydrogens is 406 g/mol. The van der Waals surface area contributed by atoms with Gasteiger partial charge in [-0.25, -0.2) is 4.98 Å². The summed E-state index contributed by atoms with van der Waals surface area (Å²) in [5, 5.41) is 0. The van der Waals surface area contributed by atoms with Gasteiger partial charge in [-0.05, 0) is 37.6 Å². The molecule has 1 unspecified atom stereocenters. The number of ether oxygens (including phenoxy) is 1. The van der Waals surface area contributed by atoms with Crippen molar-refractivity contribution >= 4 is 55.2 Å². The molecule has 0 amide bonds. The van der Waals surface area contributed by atoms with Crippen molar-refractivity contribution in [2.75, 3.05) is 6.61 Å². The Kier molecular flexibility index (Phi) is 5.27. The van der Waals surface area contributed by atoms with Crippen molar-refractivity contribution in [3.63, 3.8) is 0 Å². The van der Waals surface area contributed by atoms with Crippen LogP contribution in [0, 0.1) is 0 Å². The van der Waals surface area contributed by atoms with Crippen LogP contribution in [0.5, 0.6) is 0 Å². The number of aromatic nitrogens is 1. The van der Waals surface area contributed by atoms with Crippen molar-refractivity contribution in [2.45, 2.75) is 22.9 Å². The number of nitrogens with zero attached hydrogens (tertiary/aromatic N) is 1. The maximum Gasteiger partial charge on any atom is 0.326 e. The molecule has 2 aromatic carbocycles. The lowest BCUT2D eigenvalue weighted by Gasteiger charge is -2.26. The summed E-state index contributed by atoms with van der Waals surface area (Å²) in [6, 6.07) is 15.7. The van der Waals surface area contributed by atoms with Crippen molar-refractivity contribution in [3.8, 4) is 0 Å². The van der Waals surface area contributed by atoms with E-state index < -0.39 is 4.75 Å². The van der Waals surface area contributed by atoms with E-state index in [0.29, 0.717) is 6.61 Å². The molecule has 0 saturated carbocycles. The van der Waals surface area contributed by atoms with E-state index in [-0.39, 0.29) is 5.97 Å². The van der Waals surface area contributed by atoms with Crippen LogP contribution in [0.1, 0.15) is 19.4 Å². The van der Waals surface area contributed by atoms with E-state index in [1.807, 2.05) is 62.4 Å². The van der Waals surface area contributed by atoms with Crippen molar-refractivity contribution in [1.82, 2.24) is 4.98 Å². The monoisotopic (exact) mass is 421 g/mol. The number of hydrogen-bond acceptors (Lipinski definition) is 5. The Hall–Kier alpha value is -1.37. The minimum atomic E-state index is -0.831. The van der Waals surface area contributed by atoms with E-state index in [9.17, 15) is 4.79 Å². The van der Waals surface area contributed by atoms with Gasteiger partial charge >= 0.3 is 5.97 Å². The molecule has 0 aliphatic heterocycles. The van der Waals surface area contributed by atoms with E-state index >= 15 is 0 Å². The summed E-state index contributed by atoms with van der Waals surface area (Å²) in [5.41, 5.74) is 1.84. The van der Waals surface area contributed by atoms with Crippen LogP contribution in [0.3, 0.4) is 0 Å². The van der Waals surface area contributed by atoms with E-state index in [0.717, 1.165) is 24.6 Å². The van der Waals surface area contributed by atoms with Crippen LogP contribution in [0.25, 0.3) is 10.2 Å². The van der Waals surface area contributed by atoms with Crippen molar-refractivity contribution in [1.29, 1.82) is 0 Å². The summed E-state index contributed by atoms with van der Waals surface area (Å²) in [4.78, 5) is 17.3. The highest BCUT2D eigenvalue weighted by Gasteiger charge is 2.39. The topological polar surface area (TPSA) is 39.2 Å². The largest absolute Gasteiger partial charge is 0.465 e. The lowest BCUT2D eigenvalue weighted by molar-refractivity contribution is -0.145. The Morgan fingerprint density at radius 3 is 2.75 bits per heavy atom. The minimum Gasteiger partial charge on any atom is -0.465 e. The standard InChI is InChI=1S/C18H16BrNO2S2/c1-3-22-16(21)18(2,12-7-5-4-6-8-12)24-17-20-14-11-13(19)9-10-15(14)23-17/h4-11H,3H2,1-2H3. The Balaban J connectivity index is 2.00. The molecule has 1 atom stereocenters. The number of thiazole rings is 1. The van der Waals surface area contributed by atoms with Crippen LogP contribution in [0.15, 0.2) is 57.3 Å². The third-order valence-electron chi connectivity index (χ3n) is 3.61. The second kappa shape index (κ2) is 7.25. The SMILES string of the molecule is CCOC(=O)C(C)(Sc1nc2cc(Br)ccc2s1)c1ccccc1. The molecule has 0 fully saturated rings. The summed E-state index contributed by atoms with van der Waals surface area (Å²) in [7, 11) is 0. The predicted molar refractivity (Wildman–Crippen MR) is 104 cm³/mol. The molecule has 0 bridgehead atoms. The first-order valence-electron chi connectivity index (χ1n) is 7.51. The number of hydrogen-bond donors (Lipinski definition) is 0. The van der Waals surface area contributed by atoms with Gasteiger partial charge in [0.25, 0.3) is 0 Å². The van der Waals surface area contributed by atoms with Gasteiger partial charge in [-0.1, -0.05) is 58.0 Å². The Morgan fingerprint density at radius 1 is 1.29 bits per heavy atom. The molecule has 0 spiro atoms. The van der Waals surface area contributed by atoms with Gasteiger partial charge in [-0.15, -0.1) is 11.3 Å². The second-order valence-corrected chi connectivity index (χ2v) is 8.93. The van der Waals surface area contributed by atoms with Gasteiger partial charge in [0.15, 0.2) is 4.34 Å². The lowest BCUT2D eigenvalue weighted by atomic mass is 10.0. The number of rotatable bonds is 5. The number of benzene rings is 2. The summed E-state index contributed by atoms with van der Waals surface area (Å²) >= 11 is 6.49. The van der Waals surface area contributed by atoms with Crippen LogP contribution >= 0.6 is 39.0 Å². The van der Waals surface area contributed by atoms with Crippen molar-refractivity contribution in [2.24, 2.45) is 0 Å². The second-order valence-electron chi connectivity index (χ2n) is 5.31. The fraction of sp³-hybridized carbons (Fsp3) is 0.222. The molecule has 3 aromatic rings. The summed E-state index contributed by atoms with van der Waals surface area (Å²) in [6.45, 7) is 4.07. The van der Waals surface area contributed by atoms with Crippen LogP contribution in [-0.4, -0.2) is 17.6 Å². The third kappa shape index (κ3) is 3.50. The van der Waals surface area contributed by atoms with Gasteiger partial charge in [-0.3, -0.25) is 4.79 Å². The molecule has 0 aliphatic rings. The molecule has 1 aromatic heterocycles. The first kappa shape index (κ1) is 17.5. The molecule has 3 rings (SSSR count). The van der Waals surface area contributed by atoms with Crippen LogP contribution in [-0.2, 0) is 14.3 Å². The average molecular weight is 422 g/mol. The molecule has 1 heterocycles. The highest BCUT2D eigenvalue weighted by molar-refractivity contribution is 9.10. The number of carbonyl (C=O) groups excluding carboxylic acids is 1. The van der Waals surface area contributed by atoms with Gasteiger partial charge in [0.2, 0.25) is 0 Å². The van der Waals surface area contributed by atoms with E-state index in [2.05, 4.69) is 20.9 Å². The molecule has 24 heavy (non-hydrogen) atoms. The van der Waals surface area contributed by atoms with Gasteiger partial charge in [0, 0.05) is 4.47 Å². The van der Waals surface area contributed by atoms with Crippen molar-refractivity contribution < 1.29 is 9.53 Å². The third-order valence-corrected chi connectivity index (χ3v) is 6.51. The molecule has 6 heteroatoms. The Bertz CT molecular complexity index is 866. The molecular formula is C18H16BrNO2S2. The number of esters is 1. The molecule has 0 radical (unpaired) electrons. The normalized spacial score (nSPS) is 13.6. The predicted octanol–water partition coefficient (Wildman–Crippen LogP) is 5.63. The maximum atomic E-state index is 12.7. The van der Waals surface area contributed by atoms with Gasteiger partial charge in [-0.2, -0.15) is 0 Å². The molecule has 0 N–H and O–H groups in total. The summed E-state index contributed by atoms with van der Waals surface area (Å²) in [6.07, 6.45) is 0. The van der Waals surface area contributed by atoms with E-state index in [1.165, 1.54) is 11.8 Å². The van der Waals surface area contributed by atoms with Crippen LogP contribution < -0.4 is 0 Å². The lowest BCUT2D eigenvalue weighted by Crippen LogP contribution is -2.31. The van der Waals surface area contributed by atoms with Gasteiger partial charge in [0.05, 0.1) is 16.8 Å². The van der Waals surface area contributed by atoms with Crippen molar-refractivity contribution in [3.05, 3.63) is 58.6 Å². The fourth-order valence-electron chi connectivity index (χ4n) is 2.34. The quantitative estimate of drug-likeness (QED) is 0.395. The first-order valence-corrected chi connectivity index (χ1v) is 9.93. The Labute approximate surface area is 157 Å². The molecule has 3 nitrogen and oxygen atoms in total. The van der Waals surface area contributed by atoms with Gasteiger partial charge < -0.3 is 4.74 Å². The summed E-state index contributed by atoms with van der Waals surface area (Å²) < 4.78 is 7.45. The maximum absolute atomic E-state index is 12.7.